The van der Waals surface area contributed by atoms with Crippen molar-refractivity contribution in [2.45, 2.75) is 6.10 Å². The molecule has 0 bridgehead atoms. The first-order chi connectivity index (χ1) is 10.7. The second kappa shape index (κ2) is 7.34. The molecule has 0 saturated carbocycles. The maximum absolute atomic E-state index is 10.3. The monoisotopic (exact) mass is 298 g/mol. The predicted octanol–water partition coefficient (Wildman–Crippen LogP) is 2.72. The van der Waals surface area contributed by atoms with Gasteiger partial charge in [0.05, 0.1) is 32.0 Å². The first-order valence-electron chi connectivity index (χ1n) is 6.81. The number of anilines is 1. The largest absolute Gasteiger partial charge is 0.497 e. The Labute approximate surface area is 129 Å². The van der Waals surface area contributed by atoms with Crippen molar-refractivity contribution >= 4 is 5.69 Å². The van der Waals surface area contributed by atoms with Crippen LogP contribution in [0.15, 0.2) is 42.5 Å². The lowest BCUT2D eigenvalue weighted by Gasteiger charge is -2.15. The smallest absolute Gasteiger partial charge is 0.122 e. The summed E-state index contributed by atoms with van der Waals surface area (Å²) in [6.45, 7) is 0.336. The van der Waals surface area contributed by atoms with Crippen LogP contribution in [0.4, 0.5) is 5.69 Å². The summed E-state index contributed by atoms with van der Waals surface area (Å²) in [6, 6.07) is 14.4. The van der Waals surface area contributed by atoms with Gasteiger partial charge >= 0.3 is 0 Å². The van der Waals surface area contributed by atoms with E-state index in [0.29, 0.717) is 29.2 Å². The Bertz CT molecular complexity index is 640. The number of aliphatic hydroxyl groups excluding tert-OH is 1. The summed E-state index contributed by atoms with van der Waals surface area (Å²) in [7, 11) is 3.14. The van der Waals surface area contributed by atoms with Crippen molar-refractivity contribution in [2.75, 3.05) is 26.1 Å². The zero-order chi connectivity index (χ0) is 15.9. The van der Waals surface area contributed by atoms with Crippen LogP contribution in [0.25, 0.3) is 0 Å². The van der Waals surface area contributed by atoms with Crippen LogP contribution >= 0.6 is 0 Å². The van der Waals surface area contributed by atoms with Gasteiger partial charge in [-0.25, -0.2) is 0 Å². The van der Waals surface area contributed by atoms with Crippen molar-refractivity contribution < 1.29 is 14.6 Å². The van der Waals surface area contributed by atoms with E-state index in [1.54, 1.807) is 56.7 Å². The number of rotatable bonds is 6. The van der Waals surface area contributed by atoms with Crippen molar-refractivity contribution in [2.24, 2.45) is 0 Å². The second-order valence-corrected chi connectivity index (χ2v) is 4.73. The third kappa shape index (κ3) is 3.90. The molecule has 1 unspecified atom stereocenters. The highest BCUT2D eigenvalue weighted by molar-refractivity contribution is 5.47. The molecule has 0 aliphatic heterocycles. The van der Waals surface area contributed by atoms with Gasteiger partial charge in [-0.3, -0.25) is 0 Å². The minimum Gasteiger partial charge on any atom is -0.497 e. The minimum atomic E-state index is -0.709. The summed E-state index contributed by atoms with van der Waals surface area (Å²) in [5, 5.41) is 22.2. The van der Waals surface area contributed by atoms with Gasteiger partial charge in [0, 0.05) is 18.3 Å². The lowest BCUT2D eigenvalue weighted by atomic mass is 10.1. The van der Waals surface area contributed by atoms with Crippen LogP contribution < -0.4 is 14.8 Å². The normalized spacial score (nSPS) is 11.4. The Balaban J connectivity index is 2.05. The van der Waals surface area contributed by atoms with Gasteiger partial charge in [-0.2, -0.15) is 5.26 Å². The Kier molecular flexibility index (Phi) is 5.23. The third-order valence-electron chi connectivity index (χ3n) is 3.27. The number of hydrogen-bond acceptors (Lipinski definition) is 5. The molecule has 0 aromatic heterocycles. The molecule has 5 heteroatoms. The molecule has 0 radical (unpaired) electrons. The van der Waals surface area contributed by atoms with E-state index in [-0.39, 0.29) is 0 Å². The summed E-state index contributed by atoms with van der Waals surface area (Å²) in [6.07, 6.45) is -0.709. The number of nitrogens with one attached hydrogen (secondary N) is 1. The minimum absolute atomic E-state index is 0.336. The van der Waals surface area contributed by atoms with Crippen LogP contribution in [0.2, 0.25) is 0 Å². The van der Waals surface area contributed by atoms with E-state index in [1.165, 1.54) is 0 Å². The maximum atomic E-state index is 10.3. The molecular formula is C17H18N2O3. The molecular weight excluding hydrogens is 280 g/mol. The van der Waals surface area contributed by atoms with E-state index >= 15 is 0 Å². The van der Waals surface area contributed by atoms with Crippen LogP contribution in [-0.2, 0) is 0 Å². The van der Waals surface area contributed by atoms with Crippen LogP contribution in [0, 0.1) is 11.3 Å². The standard InChI is InChI=1S/C17H18N2O3/c1-21-15-7-13(8-16(9-15)22-2)17(20)11-19-14-5-3-12(10-18)4-6-14/h3-9,17,19-20H,11H2,1-2H3. The van der Waals surface area contributed by atoms with E-state index in [4.69, 9.17) is 14.7 Å². The summed E-state index contributed by atoms with van der Waals surface area (Å²) < 4.78 is 10.4. The van der Waals surface area contributed by atoms with E-state index in [9.17, 15) is 5.11 Å². The molecule has 2 aromatic carbocycles. The van der Waals surface area contributed by atoms with Crippen LogP contribution in [-0.4, -0.2) is 25.9 Å². The van der Waals surface area contributed by atoms with Gasteiger partial charge in [-0.1, -0.05) is 0 Å². The van der Waals surface area contributed by atoms with Gasteiger partial charge in [0.2, 0.25) is 0 Å². The molecule has 0 spiro atoms. The van der Waals surface area contributed by atoms with E-state index in [1.807, 2.05) is 0 Å². The summed E-state index contributed by atoms with van der Waals surface area (Å²) in [4.78, 5) is 0. The van der Waals surface area contributed by atoms with Gasteiger partial charge in [-0.15, -0.1) is 0 Å². The van der Waals surface area contributed by atoms with Crippen molar-refractivity contribution in [1.82, 2.24) is 0 Å². The topological polar surface area (TPSA) is 74.5 Å². The lowest BCUT2D eigenvalue weighted by molar-refractivity contribution is 0.190. The molecule has 0 aliphatic carbocycles. The Morgan fingerprint density at radius 3 is 2.18 bits per heavy atom. The molecule has 0 saturated heterocycles. The third-order valence-corrected chi connectivity index (χ3v) is 3.27. The molecule has 5 nitrogen and oxygen atoms in total. The number of ether oxygens (including phenoxy) is 2. The number of nitriles is 1. The predicted molar refractivity (Wildman–Crippen MR) is 84.2 cm³/mol. The fraction of sp³-hybridized carbons (Fsp3) is 0.235. The molecule has 0 aliphatic rings. The number of hydrogen-bond donors (Lipinski definition) is 2. The Morgan fingerprint density at radius 2 is 1.68 bits per heavy atom. The zero-order valence-corrected chi connectivity index (χ0v) is 12.5. The molecule has 22 heavy (non-hydrogen) atoms. The molecule has 2 N–H and O–H groups in total. The van der Waals surface area contributed by atoms with Gasteiger partial charge in [-0.05, 0) is 42.0 Å². The second-order valence-electron chi connectivity index (χ2n) is 4.73. The first-order valence-corrected chi connectivity index (χ1v) is 6.81. The molecule has 2 aromatic rings. The molecule has 114 valence electrons. The summed E-state index contributed by atoms with van der Waals surface area (Å²) in [5.74, 6) is 1.26. The van der Waals surface area contributed by atoms with Gasteiger partial charge in [0.25, 0.3) is 0 Å². The average Bonchev–Trinajstić information content (AvgIpc) is 2.59. The zero-order valence-electron chi connectivity index (χ0n) is 12.5. The molecule has 2 rings (SSSR count). The van der Waals surface area contributed by atoms with Gasteiger partial charge < -0.3 is 19.9 Å². The Hall–Kier alpha value is -2.71. The van der Waals surface area contributed by atoms with Gasteiger partial charge in [0.1, 0.15) is 11.5 Å². The van der Waals surface area contributed by atoms with E-state index in [0.717, 1.165) is 5.69 Å². The van der Waals surface area contributed by atoms with Crippen LogP contribution in [0.1, 0.15) is 17.2 Å². The molecule has 0 fully saturated rings. The highest BCUT2D eigenvalue weighted by Gasteiger charge is 2.11. The van der Waals surface area contributed by atoms with Crippen molar-refractivity contribution in [1.29, 1.82) is 5.26 Å². The maximum Gasteiger partial charge on any atom is 0.122 e. The lowest BCUT2D eigenvalue weighted by Crippen LogP contribution is -2.12. The van der Waals surface area contributed by atoms with Crippen molar-refractivity contribution in [3.63, 3.8) is 0 Å². The average molecular weight is 298 g/mol. The van der Waals surface area contributed by atoms with Crippen molar-refractivity contribution in [3.05, 3.63) is 53.6 Å². The van der Waals surface area contributed by atoms with Crippen LogP contribution in [0.3, 0.4) is 0 Å². The fourth-order valence-electron chi connectivity index (χ4n) is 2.02. The Morgan fingerprint density at radius 1 is 1.09 bits per heavy atom. The molecule has 1 atom stereocenters. The number of methoxy groups -OCH3 is 2. The number of benzene rings is 2. The quantitative estimate of drug-likeness (QED) is 0.857. The van der Waals surface area contributed by atoms with Gasteiger partial charge in [0.15, 0.2) is 0 Å². The molecule has 0 heterocycles. The first kappa shape index (κ1) is 15.7. The number of aliphatic hydroxyl groups is 1. The summed E-state index contributed by atoms with van der Waals surface area (Å²) >= 11 is 0. The van der Waals surface area contributed by atoms with Crippen LogP contribution in [0.5, 0.6) is 11.5 Å². The SMILES string of the molecule is COc1cc(OC)cc(C(O)CNc2ccc(C#N)cc2)c1. The summed E-state index contributed by atoms with van der Waals surface area (Å²) in [5.41, 5.74) is 2.15. The fourth-order valence-corrected chi connectivity index (χ4v) is 2.02. The van der Waals surface area contributed by atoms with E-state index in [2.05, 4.69) is 11.4 Å². The van der Waals surface area contributed by atoms with E-state index < -0.39 is 6.10 Å². The number of nitrogens with zero attached hydrogens (tertiary/aromatic N) is 1. The highest BCUT2D eigenvalue weighted by Crippen LogP contribution is 2.26. The molecule has 0 amide bonds. The highest BCUT2D eigenvalue weighted by atomic mass is 16.5. The van der Waals surface area contributed by atoms with Crippen molar-refractivity contribution in [3.8, 4) is 17.6 Å².